The van der Waals surface area contributed by atoms with Crippen LogP contribution in [0.3, 0.4) is 0 Å². The third kappa shape index (κ3) is 3.78. The molecule has 24 heavy (non-hydrogen) atoms. The van der Waals surface area contributed by atoms with Crippen LogP contribution in [0.5, 0.6) is 0 Å². The molecule has 0 radical (unpaired) electrons. The molecule has 0 bridgehead atoms. The van der Waals surface area contributed by atoms with E-state index >= 15 is 0 Å². The molecule has 2 heterocycles. The number of anilines is 2. The molecule has 0 fully saturated rings. The zero-order valence-electron chi connectivity index (χ0n) is 12.8. The summed E-state index contributed by atoms with van der Waals surface area (Å²) in [4.78, 5) is 40.9. The minimum atomic E-state index is -0.498. The third-order valence-electron chi connectivity index (χ3n) is 3.71. The normalized spacial score (nSPS) is 19.5. The number of nitrogens with zero attached hydrogens (tertiary/aromatic N) is 4. The van der Waals surface area contributed by atoms with Gasteiger partial charge >= 0.3 is 0 Å². The second-order valence-corrected chi connectivity index (χ2v) is 5.28. The Balaban J connectivity index is 1.70. The van der Waals surface area contributed by atoms with E-state index in [1.807, 2.05) is 12.2 Å². The molecule has 2 N–H and O–H groups in total. The van der Waals surface area contributed by atoms with Crippen LogP contribution in [-0.4, -0.2) is 31.8 Å². The smallest absolute Gasteiger partial charge is 0.230 e. The van der Waals surface area contributed by atoms with E-state index in [1.165, 1.54) is 0 Å². The van der Waals surface area contributed by atoms with E-state index in [2.05, 4.69) is 30.6 Å². The van der Waals surface area contributed by atoms with Gasteiger partial charge in [0.25, 0.3) is 0 Å². The summed E-state index contributed by atoms with van der Waals surface area (Å²) in [5, 5.41) is 5.31. The lowest BCUT2D eigenvalue weighted by Gasteiger charge is -2.26. The lowest BCUT2D eigenvalue weighted by atomic mass is 9.81. The molecule has 1 aliphatic rings. The van der Waals surface area contributed by atoms with Crippen LogP contribution in [0.1, 0.15) is 12.8 Å². The van der Waals surface area contributed by atoms with Gasteiger partial charge in [-0.15, -0.1) is 0 Å². The summed E-state index contributed by atoms with van der Waals surface area (Å²) < 4.78 is 0. The number of allylic oxidation sites excluding steroid dienone is 2. The van der Waals surface area contributed by atoms with Crippen LogP contribution < -0.4 is 10.6 Å². The van der Waals surface area contributed by atoms with Gasteiger partial charge in [-0.05, 0) is 25.0 Å². The molecular formula is C16H16N6O2. The highest BCUT2D eigenvalue weighted by Crippen LogP contribution is 2.27. The molecule has 0 aromatic carbocycles. The number of hydrogen-bond acceptors (Lipinski definition) is 6. The van der Waals surface area contributed by atoms with Crippen molar-refractivity contribution in [3.05, 3.63) is 49.1 Å². The average Bonchev–Trinajstić information content (AvgIpc) is 2.63. The number of nitrogens with one attached hydrogen (secondary N) is 2. The first-order valence-electron chi connectivity index (χ1n) is 7.55. The molecule has 2 amide bonds. The first kappa shape index (κ1) is 15.7. The Morgan fingerprint density at radius 3 is 1.50 bits per heavy atom. The maximum absolute atomic E-state index is 12.5. The van der Waals surface area contributed by atoms with E-state index in [-0.39, 0.29) is 23.7 Å². The van der Waals surface area contributed by atoms with E-state index in [9.17, 15) is 9.59 Å². The SMILES string of the molecule is O=C(Nc1ncccn1)[C@@H]1CC=CC[C@H]1C(=O)Nc1ncccn1. The maximum atomic E-state index is 12.5. The fourth-order valence-corrected chi connectivity index (χ4v) is 2.53. The standard InChI is InChI=1S/C16H16N6O2/c23-13(21-15-17-7-3-8-18-15)11-5-1-2-6-12(11)14(24)22-16-19-9-4-10-20-16/h1-4,7-12H,5-6H2,(H,17,18,21,23)(H,19,20,22,24)/t11-,12-/m1/s1. The van der Waals surface area contributed by atoms with Crippen molar-refractivity contribution < 1.29 is 9.59 Å². The predicted octanol–water partition coefficient (Wildman–Crippen LogP) is 1.43. The van der Waals surface area contributed by atoms with Gasteiger partial charge in [0.2, 0.25) is 23.7 Å². The molecule has 8 heteroatoms. The predicted molar refractivity (Wildman–Crippen MR) is 86.7 cm³/mol. The van der Waals surface area contributed by atoms with E-state index < -0.39 is 11.8 Å². The number of aromatic nitrogens is 4. The summed E-state index contributed by atoms with van der Waals surface area (Å²) in [6, 6.07) is 3.32. The van der Waals surface area contributed by atoms with E-state index in [0.29, 0.717) is 12.8 Å². The molecule has 0 spiro atoms. The Labute approximate surface area is 138 Å². The molecule has 2 aromatic heterocycles. The minimum absolute atomic E-state index is 0.225. The number of carbonyl (C=O) groups excluding carboxylic acids is 2. The summed E-state index contributed by atoms with van der Waals surface area (Å²) in [6.07, 6.45) is 10.9. The Bertz CT molecular complexity index is 671. The fourth-order valence-electron chi connectivity index (χ4n) is 2.53. The third-order valence-corrected chi connectivity index (χ3v) is 3.71. The molecule has 2 atom stereocenters. The van der Waals surface area contributed by atoms with Gasteiger partial charge in [0, 0.05) is 24.8 Å². The van der Waals surface area contributed by atoms with Crippen LogP contribution in [0, 0.1) is 11.8 Å². The van der Waals surface area contributed by atoms with Gasteiger partial charge in [-0.25, -0.2) is 19.9 Å². The van der Waals surface area contributed by atoms with Crippen LogP contribution in [0.4, 0.5) is 11.9 Å². The van der Waals surface area contributed by atoms with Crippen molar-refractivity contribution in [3.8, 4) is 0 Å². The summed E-state index contributed by atoms with van der Waals surface area (Å²) >= 11 is 0. The Hall–Kier alpha value is -3.16. The lowest BCUT2D eigenvalue weighted by Crippen LogP contribution is -2.38. The first-order chi connectivity index (χ1) is 11.7. The second-order valence-electron chi connectivity index (χ2n) is 5.28. The van der Waals surface area contributed by atoms with Crippen molar-refractivity contribution in [3.63, 3.8) is 0 Å². The van der Waals surface area contributed by atoms with Crippen LogP contribution in [0.15, 0.2) is 49.1 Å². The summed E-state index contributed by atoms with van der Waals surface area (Å²) in [5.41, 5.74) is 0. The van der Waals surface area contributed by atoms with Crippen molar-refractivity contribution in [1.29, 1.82) is 0 Å². The van der Waals surface area contributed by atoms with Crippen LogP contribution in [0.25, 0.3) is 0 Å². The number of carbonyl (C=O) groups is 2. The van der Waals surface area contributed by atoms with Gasteiger partial charge in [0.05, 0.1) is 11.8 Å². The molecule has 0 saturated heterocycles. The summed E-state index contributed by atoms with van der Waals surface area (Å²) in [5.74, 6) is -1.10. The van der Waals surface area contributed by atoms with Crippen LogP contribution in [0.2, 0.25) is 0 Å². The molecule has 0 saturated carbocycles. The van der Waals surface area contributed by atoms with Gasteiger partial charge in [0.1, 0.15) is 0 Å². The van der Waals surface area contributed by atoms with E-state index in [4.69, 9.17) is 0 Å². The molecule has 2 aromatic rings. The highest BCUT2D eigenvalue weighted by atomic mass is 16.2. The average molecular weight is 324 g/mol. The zero-order chi connectivity index (χ0) is 16.8. The molecule has 8 nitrogen and oxygen atoms in total. The van der Waals surface area contributed by atoms with Gasteiger partial charge in [-0.1, -0.05) is 12.2 Å². The number of amides is 2. The molecular weight excluding hydrogens is 308 g/mol. The first-order valence-corrected chi connectivity index (χ1v) is 7.55. The van der Waals surface area contributed by atoms with Crippen molar-refractivity contribution in [2.24, 2.45) is 11.8 Å². The zero-order valence-corrected chi connectivity index (χ0v) is 12.8. The van der Waals surface area contributed by atoms with Crippen molar-refractivity contribution in [2.45, 2.75) is 12.8 Å². The maximum Gasteiger partial charge on any atom is 0.230 e. The fraction of sp³-hybridized carbons (Fsp3) is 0.250. The number of hydrogen-bond donors (Lipinski definition) is 2. The Kier molecular flexibility index (Phi) is 4.85. The lowest BCUT2D eigenvalue weighted by molar-refractivity contribution is -0.129. The monoisotopic (exact) mass is 324 g/mol. The van der Waals surface area contributed by atoms with E-state index in [0.717, 1.165) is 0 Å². The molecule has 122 valence electrons. The van der Waals surface area contributed by atoms with Gasteiger partial charge in [-0.2, -0.15) is 0 Å². The Morgan fingerprint density at radius 2 is 1.12 bits per heavy atom. The molecule has 3 rings (SSSR count). The van der Waals surface area contributed by atoms with Crippen LogP contribution in [-0.2, 0) is 9.59 Å². The minimum Gasteiger partial charge on any atom is -0.294 e. The van der Waals surface area contributed by atoms with Gasteiger partial charge < -0.3 is 0 Å². The van der Waals surface area contributed by atoms with Crippen LogP contribution >= 0.6 is 0 Å². The number of rotatable bonds is 4. The van der Waals surface area contributed by atoms with Gasteiger partial charge in [-0.3, -0.25) is 20.2 Å². The largest absolute Gasteiger partial charge is 0.294 e. The summed E-state index contributed by atoms with van der Waals surface area (Å²) in [7, 11) is 0. The molecule has 1 aliphatic carbocycles. The van der Waals surface area contributed by atoms with Crippen molar-refractivity contribution in [2.75, 3.05) is 10.6 Å². The second kappa shape index (κ2) is 7.40. The quantitative estimate of drug-likeness (QED) is 0.823. The molecule has 0 unspecified atom stereocenters. The van der Waals surface area contributed by atoms with E-state index in [1.54, 1.807) is 36.9 Å². The Morgan fingerprint density at radius 1 is 0.750 bits per heavy atom. The summed E-state index contributed by atoms with van der Waals surface area (Å²) in [6.45, 7) is 0. The van der Waals surface area contributed by atoms with Crippen molar-refractivity contribution in [1.82, 2.24) is 19.9 Å². The topological polar surface area (TPSA) is 110 Å². The van der Waals surface area contributed by atoms with Crippen molar-refractivity contribution >= 4 is 23.7 Å². The van der Waals surface area contributed by atoms with Gasteiger partial charge in [0.15, 0.2) is 0 Å². The highest BCUT2D eigenvalue weighted by Gasteiger charge is 2.34. The highest BCUT2D eigenvalue weighted by molar-refractivity contribution is 5.98. The molecule has 0 aliphatic heterocycles.